The Balaban J connectivity index is 2.13. The maximum Gasteiger partial charge on any atom is 0.337 e. The molecule has 0 unspecified atom stereocenters. The molecule has 0 fully saturated rings. The normalized spacial score (nSPS) is 17.0. The second-order valence-corrected chi connectivity index (χ2v) is 9.81. The number of carbonyl (C=O) groups excluding carboxylic acids is 2. The van der Waals surface area contributed by atoms with Gasteiger partial charge in [0.25, 0.3) is 0 Å². The van der Waals surface area contributed by atoms with Crippen LogP contribution >= 0.6 is 0 Å². The molecule has 0 bridgehead atoms. The molecule has 29 heavy (non-hydrogen) atoms. The van der Waals surface area contributed by atoms with Crippen LogP contribution in [-0.4, -0.2) is 18.9 Å². The van der Waals surface area contributed by atoms with E-state index in [2.05, 4.69) is 53.7 Å². The first-order valence-corrected chi connectivity index (χ1v) is 10.4. The number of ketones is 1. The molecule has 0 amide bonds. The molecule has 0 N–H and O–H groups in total. The summed E-state index contributed by atoms with van der Waals surface area (Å²) in [4.78, 5) is 25.2. The van der Waals surface area contributed by atoms with Crippen molar-refractivity contribution in [3.05, 3.63) is 69.8 Å². The molecule has 2 aromatic rings. The fourth-order valence-electron chi connectivity index (χ4n) is 4.34. The summed E-state index contributed by atoms with van der Waals surface area (Å²) in [7, 11) is 1.35. The number of rotatable bonds is 4. The second-order valence-electron chi connectivity index (χ2n) is 9.81. The number of carbonyl (C=O) groups is 2. The van der Waals surface area contributed by atoms with E-state index in [0.717, 1.165) is 24.0 Å². The van der Waals surface area contributed by atoms with Crippen molar-refractivity contribution < 1.29 is 14.3 Å². The maximum atomic E-state index is 13.5. The molecular formula is C26H32O3. The average Bonchev–Trinajstić information content (AvgIpc) is 2.69. The largest absolute Gasteiger partial charge is 0.465 e. The number of fused-ring (bicyclic) bond motifs is 1. The first-order chi connectivity index (χ1) is 13.5. The Morgan fingerprint density at radius 1 is 0.862 bits per heavy atom. The molecule has 0 aliphatic heterocycles. The Morgan fingerprint density at radius 3 is 1.83 bits per heavy atom. The maximum absolute atomic E-state index is 13.5. The van der Waals surface area contributed by atoms with Gasteiger partial charge in [0.1, 0.15) is 0 Å². The number of benzene rings is 2. The standard InChI is InChI=1S/C26H32O3/c1-16(2)19-14-21-22(26(5,6)13-12-25(21,3)4)15-20(19)23(27)17-8-10-18(11-9-17)24(28)29-7/h8-11,14-16H,12-13H2,1-7H3. The van der Waals surface area contributed by atoms with Crippen LogP contribution in [0.5, 0.6) is 0 Å². The molecule has 0 spiro atoms. The van der Waals surface area contributed by atoms with Gasteiger partial charge < -0.3 is 4.74 Å². The summed E-state index contributed by atoms with van der Waals surface area (Å²) < 4.78 is 4.75. The van der Waals surface area contributed by atoms with Crippen molar-refractivity contribution in [3.63, 3.8) is 0 Å². The molecule has 0 saturated carbocycles. The first kappa shape index (κ1) is 21.3. The lowest BCUT2D eigenvalue weighted by Gasteiger charge is -2.42. The van der Waals surface area contributed by atoms with Gasteiger partial charge in [-0.2, -0.15) is 0 Å². The van der Waals surface area contributed by atoms with Gasteiger partial charge in [-0.1, -0.05) is 59.7 Å². The fraction of sp³-hybridized carbons (Fsp3) is 0.462. The van der Waals surface area contributed by atoms with Gasteiger partial charge in [-0.3, -0.25) is 4.79 Å². The number of hydrogen-bond acceptors (Lipinski definition) is 3. The molecule has 0 heterocycles. The van der Waals surface area contributed by atoms with Crippen LogP contribution < -0.4 is 0 Å². The van der Waals surface area contributed by atoms with Crippen molar-refractivity contribution >= 4 is 11.8 Å². The molecule has 3 nitrogen and oxygen atoms in total. The molecule has 2 aromatic carbocycles. The van der Waals surface area contributed by atoms with Crippen LogP contribution in [-0.2, 0) is 15.6 Å². The van der Waals surface area contributed by atoms with Gasteiger partial charge in [0.05, 0.1) is 12.7 Å². The average molecular weight is 393 g/mol. The fourth-order valence-corrected chi connectivity index (χ4v) is 4.34. The number of ether oxygens (including phenoxy) is 1. The van der Waals surface area contributed by atoms with Crippen LogP contribution in [0, 0.1) is 0 Å². The Labute approximate surface area is 174 Å². The lowest BCUT2D eigenvalue weighted by molar-refractivity contribution is 0.0600. The molecule has 0 radical (unpaired) electrons. The zero-order chi connectivity index (χ0) is 21.6. The summed E-state index contributed by atoms with van der Waals surface area (Å²) in [6, 6.07) is 11.2. The van der Waals surface area contributed by atoms with Crippen LogP contribution in [0.25, 0.3) is 0 Å². The second kappa shape index (κ2) is 7.44. The molecular weight excluding hydrogens is 360 g/mol. The molecule has 3 rings (SSSR count). The van der Waals surface area contributed by atoms with Crippen molar-refractivity contribution in [2.75, 3.05) is 7.11 Å². The van der Waals surface area contributed by atoms with E-state index in [-0.39, 0.29) is 22.5 Å². The first-order valence-electron chi connectivity index (χ1n) is 10.4. The molecule has 154 valence electrons. The van der Waals surface area contributed by atoms with Crippen LogP contribution in [0.2, 0.25) is 0 Å². The van der Waals surface area contributed by atoms with E-state index in [1.807, 2.05) is 0 Å². The molecule has 1 aliphatic rings. The van der Waals surface area contributed by atoms with E-state index in [4.69, 9.17) is 4.74 Å². The molecule has 0 atom stereocenters. The predicted octanol–water partition coefficient (Wildman–Crippen LogP) is 6.18. The Hall–Kier alpha value is -2.42. The SMILES string of the molecule is COC(=O)c1ccc(C(=O)c2cc3c(cc2C(C)C)C(C)(C)CCC3(C)C)cc1. The van der Waals surface area contributed by atoms with Crippen LogP contribution in [0.4, 0.5) is 0 Å². The molecule has 3 heteroatoms. The number of methoxy groups -OCH3 is 1. The number of esters is 1. The van der Waals surface area contributed by atoms with Gasteiger partial charge in [0, 0.05) is 11.1 Å². The smallest absolute Gasteiger partial charge is 0.337 e. The highest BCUT2D eigenvalue weighted by Crippen LogP contribution is 2.47. The van der Waals surface area contributed by atoms with E-state index in [1.165, 1.54) is 18.2 Å². The number of hydrogen-bond donors (Lipinski definition) is 0. The lowest BCUT2D eigenvalue weighted by Crippen LogP contribution is -2.34. The van der Waals surface area contributed by atoms with E-state index in [0.29, 0.717) is 11.1 Å². The Morgan fingerprint density at radius 2 is 1.34 bits per heavy atom. The third kappa shape index (κ3) is 3.88. The highest BCUT2D eigenvalue weighted by Gasteiger charge is 2.38. The quantitative estimate of drug-likeness (QED) is 0.461. The molecule has 1 aliphatic carbocycles. The summed E-state index contributed by atoms with van der Waals surface area (Å²) in [5.41, 5.74) is 5.71. The van der Waals surface area contributed by atoms with Crippen molar-refractivity contribution in [1.29, 1.82) is 0 Å². The van der Waals surface area contributed by atoms with Gasteiger partial charge in [-0.05, 0) is 64.5 Å². The van der Waals surface area contributed by atoms with Gasteiger partial charge >= 0.3 is 5.97 Å². The summed E-state index contributed by atoms with van der Waals surface area (Å²) >= 11 is 0. The van der Waals surface area contributed by atoms with Gasteiger partial charge in [0.2, 0.25) is 0 Å². The van der Waals surface area contributed by atoms with Gasteiger partial charge in [-0.25, -0.2) is 4.79 Å². The van der Waals surface area contributed by atoms with Crippen LogP contribution in [0.3, 0.4) is 0 Å². The summed E-state index contributed by atoms with van der Waals surface area (Å²) in [6.07, 6.45) is 2.25. The van der Waals surface area contributed by atoms with Crippen molar-refractivity contribution in [3.8, 4) is 0 Å². The molecule has 0 saturated heterocycles. The van der Waals surface area contributed by atoms with Crippen LogP contribution in [0.15, 0.2) is 36.4 Å². The van der Waals surface area contributed by atoms with Crippen molar-refractivity contribution in [1.82, 2.24) is 0 Å². The van der Waals surface area contributed by atoms with Crippen LogP contribution in [0.1, 0.15) is 103 Å². The third-order valence-electron chi connectivity index (χ3n) is 6.46. The lowest BCUT2D eigenvalue weighted by atomic mass is 9.62. The topological polar surface area (TPSA) is 43.4 Å². The monoisotopic (exact) mass is 392 g/mol. The van der Waals surface area contributed by atoms with Crippen molar-refractivity contribution in [2.24, 2.45) is 0 Å². The minimum absolute atomic E-state index is 0.00657. The minimum atomic E-state index is -0.398. The summed E-state index contributed by atoms with van der Waals surface area (Å²) in [6.45, 7) is 13.4. The van der Waals surface area contributed by atoms with Gasteiger partial charge in [-0.15, -0.1) is 0 Å². The Bertz CT molecular complexity index is 947. The Kier molecular flexibility index (Phi) is 5.46. The molecule has 0 aromatic heterocycles. The minimum Gasteiger partial charge on any atom is -0.465 e. The predicted molar refractivity (Wildman–Crippen MR) is 117 cm³/mol. The summed E-state index contributed by atoms with van der Waals surface area (Å²) in [5.74, 6) is -0.147. The van der Waals surface area contributed by atoms with Gasteiger partial charge in [0.15, 0.2) is 5.78 Å². The zero-order valence-electron chi connectivity index (χ0n) is 18.7. The van der Waals surface area contributed by atoms with E-state index >= 15 is 0 Å². The van der Waals surface area contributed by atoms with Crippen molar-refractivity contribution in [2.45, 2.75) is 71.1 Å². The zero-order valence-corrected chi connectivity index (χ0v) is 18.7. The highest BCUT2D eigenvalue weighted by atomic mass is 16.5. The van der Waals surface area contributed by atoms with E-state index in [9.17, 15) is 9.59 Å². The summed E-state index contributed by atoms with van der Waals surface area (Å²) in [5, 5.41) is 0. The van der Waals surface area contributed by atoms with E-state index in [1.54, 1.807) is 24.3 Å². The third-order valence-corrected chi connectivity index (χ3v) is 6.46. The highest BCUT2D eigenvalue weighted by molar-refractivity contribution is 6.10. The van der Waals surface area contributed by atoms with E-state index < -0.39 is 5.97 Å².